The normalized spacial score (nSPS) is 11.9. The maximum absolute atomic E-state index is 13.8. The summed E-state index contributed by atoms with van der Waals surface area (Å²) in [5, 5.41) is 0.493. The summed E-state index contributed by atoms with van der Waals surface area (Å²) < 4.78 is 12.7. The third kappa shape index (κ3) is 4.95. The molecule has 0 spiro atoms. The first-order valence-electron chi connectivity index (χ1n) is 11.7. The topological polar surface area (TPSA) is 73.7 Å². The van der Waals surface area contributed by atoms with Crippen LogP contribution in [0.4, 0.5) is 0 Å². The minimum absolute atomic E-state index is 0.165. The van der Waals surface area contributed by atoms with Crippen LogP contribution in [-0.4, -0.2) is 47.2 Å². The van der Waals surface area contributed by atoms with Gasteiger partial charge >= 0.3 is 0 Å². The molecule has 4 aromatic rings. The number of methoxy groups -OCH3 is 1. The lowest BCUT2D eigenvalue weighted by Gasteiger charge is -2.30. The Bertz CT molecular complexity index is 1370. The van der Waals surface area contributed by atoms with Crippen molar-refractivity contribution >= 4 is 16.8 Å². The monoisotopic (exact) mass is 471 g/mol. The Labute approximate surface area is 204 Å². The molecule has 0 aliphatic rings. The zero-order valence-electron chi connectivity index (χ0n) is 20.2. The molecule has 7 heteroatoms. The van der Waals surface area contributed by atoms with E-state index in [1.54, 1.807) is 34.8 Å². The van der Waals surface area contributed by atoms with Crippen molar-refractivity contribution in [2.45, 2.75) is 19.9 Å². The van der Waals surface area contributed by atoms with Gasteiger partial charge in [0.15, 0.2) is 0 Å². The summed E-state index contributed by atoms with van der Waals surface area (Å²) in [6.07, 6.45) is 0. The number of aromatic nitrogens is 2. The Morgan fingerprint density at radius 1 is 1.00 bits per heavy atom. The number of fused-ring (bicyclic) bond motifs is 1. The number of rotatable bonds is 9. The molecule has 1 unspecified atom stereocenters. The zero-order valence-corrected chi connectivity index (χ0v) is 20.2. The molecular formula is C28H29N3O4. The highest BCUT2D eigenvalue weighted by Gasteiger charge is 2.28. The zero-order chi connectivity index (χ0) is 24.8. The Morgan fingerprint density at radius 2 is 1.69 bits per heavy atom. The Morgan fingerprint density at radius 3 is 2.43 bits per heavy atom. The molecule has 1 atom stereocenters. The lowest BCUT2D eigenvalue weighted by Crippen LogP contribution is -2.39. The van der Waals surface area contributed by atoms with Crippen LogP contribution >= 0.6 is 0 Å². The second-order valence-electron chi connectivity index (χ2n) is 8.06. The lowest BCUT2D eigenvalue weighted by molar-refractivity contribution is 0.0605. The summed E-state index contributed by atoms with van der Waals surface area (Å²) in [5.41, 5.74) is 1.49. The van der Waals surface area contributed by atoms with Gasteiger partial charge in [0, 0.05) is 19.2 Å². The molecule has 1 heterocycles. The molecule has 0 radical (unpaired) electrons. The SMILES string of the molecule is CCOc1ccccc1-n1c(C(C)N(CCOC)C(=O)c2ccccc2)nc2ccccc2c1=O. The van der Waals surface area contributed by atoms with E-state index in [0.29, 0.717) is 53.5 Å². The van der Waals surface area contributed by atoms with Gasteiger partial charge in [-0.15, -0.1) is 0 Å². The fraction of sp³-hybridized carbons (Fsp3) is 0.250. The van der Waals surface area contributed by atoms with Gasteiger partial charge in [0.25, 0.3) is 11.5 Å². The molecule has 180 valence electrons. The van der Waals surface area contributed by atoms with Crippen molar-refractivity contribution in [2.24, 2.45) is 0 Å². The van der Waals surface area contributed by atoms with Gasteiger partial charge < -0.3 is 14.4 Å². The van der Waals surface area contributed by atoms with E-state index in [-0.39, 0.29) is 11.5 Å². The lowest BCUT2D eigenvalue weighted by atomic mass is 10.1. The number of nitrogens with zero attached hydrogens (tertiary/aromatic N) is 3. The molecule has 7 nitrogen and oxygen atoms in total. The fourth-order valence-electron chi connectivity index (χ4n) is 4.13. The smallest absolute Gasteiger partial charge is 0.266 e. The summed E-state index contributed by atoms with van der Waals surface area (Å²) in [6.45, 7) is 4.90. The van der Waals surface area contributed by atoms with E-state index in [9.17, 15) is 9.59 Å². The highest BCUT2D eigenvalue weighted by molar-refractivity contribution is 5.94. The van der Waals surface area contributed by atoms with Gasteiger partial charge in [-0.2, -0.15) is 0 Å². The minimum Gasteiger partial charge on any atom is -0.492 e. The van der Waals surface area contributed by atoms with E-state index in [4.69, 9.17) is 14.5 Å². The number of para-hydroxylation sites is 3. The first kappa shape index (κ1) is 24.2. The highest BCUT2D eigenvalue weighted by Crippen LogP contribution is 2.28. The quantitative estimate of drug-likeness (QED) is 0.356. The summed E-state index contributed by atoms with van der Waals surface area (Å²) in [4.78, 5) is 34.0. The number of ether oxygens (including phenoxy) is 2. The molecule has 1 aromatic heterocycles. The van der Waals surface area contributed by atoms with Crippen LogP contribution < -0.4 is 10.3 Å². The van der Waals surface area contributed by atoms with Crippen molar-refractivity contribution in [1.82, 2.24) is 14.5 Å². The molecule has 0 aliphatic carbocycles. The number of carbonyl (C=O) groups excluding carboxylic acids is 1. The second-order valence-corrected chi connectivity index (χ2v) is 8.06. The molecule has 4 rings (SSSR count). The van der Waals surface area contributed by atoms with Crippen LogP contribution in [0.25, 0.3) is 16.6 Å². The minimum atomic E-state index is -0.537. The van der Waals surface area contributed by atoms with Crippen LogP contribution in [0.5, 0.6) is 5.75 Å². The summed E-state index contributed by atoms with van der Waals surface area (Å²) >= 11 is 0. The molecule has 0 bridgehead atoms. The van der Waals surface area contributed by atoms with Crippen molar-refractivity contribution in [3.63, 3.8) is 0 Å². The van der Waals surface area contributed by atoms with E-state index in [1.807, 2.05) is 74.5 Å². The Balaban J connectivity index is 1.93. The number of hydrogen-bond donors (Lipinski definition) is 0. The average molecular weight is 472 g/mol. The van der Waals surface area contributed by atoms with E-state index in [0.717, 1.165) is 0 Å². The van der Waals surface area contributed by atoms with Crippen molar-refractivity contribution in [2.75, 3.05) is 26.9 Å². The number of hydrogen-bond acceptors (Lipinski definition) is 5. The Hall–Kier alpha value is -3.97. The molecule has 1 amide bonds. The average Bonchev–Trinajstić information content (AvgIpc) is 2.90. The highest BCUT2D eigenvalue weighted by atomic mass is 16.5. The largest absolute Gasteiger partial charge is 0.492 e. The number of benzene rings is 3. The van der Waals surface area contributed by atoms with E-state index >= 15 is 0 Å². The number of amides is 1. The summed E-state index contributed by atoms with van der Waals surface area (Å²) in [6, 6.07) is 23.1. The van der Waals surface area contributed by atoms with Gasteiger partial charge in [-0.3, -0.25) is 14.2 Å². The molecule has 0 N–H and O–H groups in total. The molecule has 0 saturated carbocycles. The molecule has 3 aromatic carbocycles. The van der Waals surface area contributed by atoms with E-state index in [1.165, 1.54) is 0 Å². The van der Waals surface area contributed by atoms with Crippen LogP contribution in [0.2, 0.25) is 0 Å². The van der Waals surface area contributed by atoms with Crippen molar-refractivity contribution < 1.29 is 14.3 Å². The maximum atomic E-state index is 13.8. The van der Waals surface area contributed by atoms with Crippen molar-refractivity contribution in [3.8, 4) is 11.4 Å². The number of carbonyl (C=O) groups is 1. The molecule has 0 fully saturated rings. The third-order valence-electron chi connectivity index (χ3n) is 5.87. The molecule has 35 heavy (non-hydrogen) atoms. The maximum Gasteiger partial charge on any atom is 0.266 e. The third-order valence-corrected chi connectivity index (χ3v) is 5.87. The predicted octanol–water partition coefficient (Wildman–Crippen LogP) is 4.63. The molecule has 0 saturated heterocycles. The van der Waals surface area contributed by atoms with Crippen LogP contribution in [0.15, 0.2) is 83.7 Å². The van der Waals surface area contributed by atoms with Crippen LogP contribution in [-0.2, 0) is 4.74 Å². The van der Waals surface area contributed by atoms with Gasteiger partial charge in [0.1, 0.15) is 11.6 Å². The summed E-state index contributed by atoms with van der Waals surface area (Å²) in [5.74, 6) is 0.851. The first-order chi connectivity index (χ1) is 17.1. The van der Waals surface area contributed by atoms with Crippen molar-refractivity contribution in [1.29, 1.82) is 0 Å². The molecule has 0 aliphatic heterocycles. The van der Waals surface area contributed by atoms with Gasteiger partial charge in [0.2, 0.25) is 0 Å². The first-order valence-corrected chi connectivity index (χ1v) is 11.7. The second kappa shape index (κ2) is 11.0. The van der Waals surface area contributed by atoms with Crippen molar-refractivity contribution in [3.05, 3.63) is 101 Å². The van der Waals surface area contributed by atoms with Gasteiger partial charge in [0.05, 0.1) is 35.8 Å². The molecular weight excluding hydrogens is 442 g/mol. The van der Waals surface area contributed by atoms with Gasteiger partial charge in [-0.05, 0) is 50.2 Å². The van der Waals surface area contributed by atoms with Crippen LogP contribution in [0.3, 0.4) is 0 Å². The standard InChI is InChI=1S/C28H29N3O4/c1-4-35-25-17-11-10-16-24(25)31-26(29-23-15-9-8-14-22(23)28(31)33)20(2)30(18-19-34-3)27(32)21-12-6-5-7-13-21/h5-17,20H,4,18-19H2,1-3H3. The van der Waals surface area contributed by atoms with E-state index < -0.39 is 6.04 Å². The predicted molar refractivity (Wildman–Crippen MR) is 136 cm³/mol. The van der Waals surface area contributed by atoms with Crippen LogP contribution in [0.1, 0.15) is 36.1 Å². The van der Waals surface area contributed by atoms with Crippen LogP contribution in [0, 0.1) is 0 Å². The summed E-state index contributed by atoms with van der Waals surface area (Å²) in [7, 11) is 1.60. The van der Waals surface area contributed by atoms with Gasteiger partial charge in [-0.25, -0.2) is 4.98 Å². The fourth-order valence-corrected chi connectivity index (χ4v) is 4.13. The Kier molecular flexibility index (Phi) is 7.57. The van der Waals surface area contributed by atoms with E-state index in [2.05, 4.69) is 0 Å². The van der Waals surface area contributed by atoms with Gasteiger partial charge in [-0.1, -0.05) is 42.5 Å².